The zero-order valence-electron chi connectivity index (χ0n) is 8.60. The molecule has 0 fully saturated rings. The molecule has 0 saturated carbocycles. The van der Waals surface area contributed by atoms with Crippen molar-refractivity contribution in [2.75, 3.05) is 0 Å². The van der Waals surface area contributed by atoms with Crippen LogP contribution < -0.4 is 0 Å². The number of hydrogen-bond donors (Lipinski definition) is 0. The summed E-state index contributed by atoms with van der Waals surface area (Å²) in [4.78, 5) is 0. The van der Waals surface area contributed by atoms with Crippen LogP contribution in [0.2, 0.25) is 0 Å². The molecule has 0 heterocycles. The Morgan fingerprint density at radius 3 is 1.86 bits per heavy atom. The molecule has 0 aromatic carbocycles. The molecule has 0 aromatic rings. The smallest absolute Gasteiger partial charge is 0.0166 e. The van der Waals surface area contributed by atoms with Crippen LogP contribution in [0.15, 0.2) is 60.8 Å². The fraction of sp³-hybridized carbons (Fsp3) is 0.286. The van der Waals surface area contributed by atoms with Crippen molar-refractivity contribution in [1.82, 2.24) is 0 Å². The summed E-state index contributed by atoms with van der Waals surface area (Å²) in [5.41, 5.74) is 0. The molecule has 1 rings (SSSR count). The molecule has 0 N–H and O–H groups in total. The summed E-state index contributed by atoms with van der Waals surface area (Å²) in [6.45, 7) is 0. The van der Waals surface area contributed by atoms with Crippen LogP contribution in [0, 0.1) is 0 Å². The van der Waals surface area contributed by atoms with Gasteiger partial charge >= 0.3 is 0 Å². The summed E-state index contributed by atoms with van der Waals surface area (Å²) >= 11 is 0. The Hall–Kier alpha value is -1.30. The topological polar surface area (TPSA) is 0 Å². The van der Waals surface area contributed by atoms with E-state index >= 15 is 0 Å². The summed E-state index contributed by atoms with van der Waals surface area (Å²) in [5, 5.41) is 0. The van der Waals surface area contributed by atoms with E-state index < -0.39 is 0 Å². The summed E-state index contributed by atoms with van der Waals surface area (Å²) in [5.74, 6) is 0. The Labute approximate surface area is 87.0 Å². The normalized spacial score (nSPS) is 25.1. The predicted molar refractivity (Wildman–Crippen MR) is 64.2 cm³/mol. The van der Waals surface area contributed by atoms with Crippen LogP contribution in [0.1, 0.15) is 25.7 Å². The maximum Gasteiger partial charge on any atom is -0.0166 e. The van der Waals surface area contributed by atoms with Crippen LogP contribution in [0.3, 0.4) is 0 Å². The van der Waals surface area contributed by atoms with Gasteiger partial charge in [0.25, 0.3) is 0 Å². The van der Waals surface area contributed by atoms with Crippen molar-refractivity contribution in [3.05, 3.63) is 60.8 Å². The standard InChI is InChI=1S/C14H18/c1-2-4-6-8-10-12-14-13-11-9-7-5-3-1/h1-6,9,11-12,14H,7-8,10,13H2/b2-1?,5-3-,6-4?,11-9-,14-12+. The van der Waals surface area contributed by atoms with E-state index in [1.165, 1.54) is 0 Å². The highest BCUT2D eigenvalue weighted by Crippen LogP contribution is 1.97. The lowest BCUT2D eigenvalue weighted by Crippen LogP contribution is -1.66. The largest absolute Gasteiger partial charge is 0.0879 e. The van der Waals surface area contributed by atoms with Gasteiger partial charge in [0, 0.05) is 0 Å². The maximum atomic E-state index is 2.25. The zero-order valence-corrected chi connectivity index (χ0v) is 8.60. The summed E-state index contributed by atoms with van der Waals surface area (Å²) in [6, 6.07) is 0. The first-order valence-electron chi connectivity index (χ1n) is 5.28. The minimum absolute atomic E-state index is 1.03. The molecule has 14 heavy (non-hydrogen) atoms. The van der Waals surface area contributed by atoms with Crippen LogP contribution in [-0.4, -0.2) is 0 Å². The van der Waals surface area contributed by atoms with E-state index in [0.29, 0.717) is 0 Å². The summed E-state index contributed by atoms with van der Waals surface area (Å²) in [6.07, 6.45) is 26.0. The molecule has 0 saturated heterocycles. The fourth-order valence-corrected chi connectivity index (χ4v) is 1.22. The van der Waals surface area contributed by atoms with Gasteiger partial charge < -0.3 is 0 Å². The lowest BCUT2D eigenvalue weighted by Gasteiger charge is -1.87. The molecule has 0 amide bonds. The second-order valence-electron chi connectivity index (χ2n) is 3.23. The van der Waals surface area contributed by atoms with Crippen LogP contribution in [-0.2, 0) is 0 Å². The molecule has 0 atom stereocenters. The predicted octanol–water partition coefficient (Wildman–Crippen LogP) is 4.34. The van der Waals surface area contributed by atoms with Crippen LogP contribution in [0.5, 0.6) is 0 Å². The minimum Gasteiger partial charge on any atom is -0.0879 e. The highest BCUT2D eigenvalue weighted by Gasteiger charge is 1.77. The van der Waals surface area contributed by atoms with E-state index in [-0.39, 0.29) is 0 Å². The molecular weight excluding hydrogens is 168 g/mol. The van der Waals surface area contributed by atoms with E-state index in [4.69, 9.17) is 0 Å². The second-order valence-corrected chi connectivity index (χ2v) is 3.23. The third-order valence-corrected chi connectivity index (χ3v) is 1.98. The highest BCUT2D eigenvalue weighted by atomic mass is 13.8. The van der Waals surface area contributed by atoms with Crippen molar-refractivity contribution in [2.24, 2.45) is 0 Å². The lowest BCUT2D eigenvalue weighted by molar-refractivity contribution is 1.04. The molecule has 0 bridgehead atoms. The zero-order chi connectivity index (χ0) is 9.90. The van der Waals surface area contributed by atoms with Crippen molar-refractivity contribution in [3.8, 4) is 0 Å². The maximum absolute atomic E-state index is 2.25. The Morgan fingerprint density at radius 1 is 0.429 bits per heavy atom. The first kappa shape index (κ1) is 10.8. The first-order valence-corrected chi connectivity index (χ1v) is 5.28. The number of allylic oxidation sites excluding steroid dienone is 10. The Kier molecular flexibility index (Phi) is 6.39. The quantitative estimate of drug-likeness (QED) is 0.494. The molecule has 74 valence electrons. The number of hydrogen-bond acceptors (Lipinski definition) is 0. The van der Waals surface area contributed by atoms with Gasteiger partial charge in [-0.05, 0) is 25.7 Å². The van der Waals surface area contributed by atoms with Crippen LogP contribution in [0.4, 0.5) is 0 Å². The molecular formula is C14H18. The van der Waals surface area contributed by atoms with Gasteiger partial charge in [0.2, 0.25) is 0 Å². The lowest BCUT2D eigenvalue weighted by atomic mass is 10.2. The second kappa shape index (κ2) is 8.31. The third kappa shape index (κ3) is 6.24. The molecule has 0 radical (unpaired) electrons. The highest BCUT2D eigenvalue weighted by molar-refractivity contribution is 5.12. The van der Waals surface area contributed by atoms with Gasteiger partial charge in [0.05, 0.1) is 0 Å². The number of rotatable bonds is 0. The van der Waals surface area contributed by atoms with Crippen molar-refractivity contribution < 1.29 is 0 Å². The van der Waals surface area contributed by atoms with Crippen molar-refractivity contribution >= 4 is 0 Å². The molecule has 1 aliphatic rings. The van der Waals surface area contributed by atoms with Gasteiger partial charge in [-0.3, -0.25) is 0 Å². The molecule has 0 aliphatic heterocycles. The monoisotopic (exact) mass is 186 g/mol. The summed E-state index contributed by atoms with van der Waals surface area (Å²) in [7, 11) is 0. The molecule has 0 heteroatoms. The van der Waals surface area contributed by atoms with E-state index in [1.54, 1.807) is 0 Å². The van der Waals surface area contributed by atoms with E-state index in [1.807, 2.05) is 0 Å². The SMILES string of the molecule is C1=C/C=C\C/C=C\C/C=C/CCC=C1. The average molecular weight is 186 g/mol. The van der Waals surface area contributed by atoms with Crippen LogP contribution >= 0.6 is 0 Å². The Morgan fingerprint density at radius 2 is 1.00 bits per heavy atom. The van der Waals surface area contributed by atoms with Crippen LogP contribution in [0.25, 0.3) is 0 Å². The van der Waals surface area contributed by atoms with E-state index in [0.717, 1.165) is 25.7 Å². The molecule has 0 spiro atoms. The van der Waals surface area contributed by atoms with E-state index in [2.05, 4.69) is 60.8 Å². The van der Waals surface area contributed by atoms with Gasteiger partial charge in [-0.15, -0.1) is 0 Å². The van der Waals surface area contributed by atoms with Crippen molar-refractivity contribution in [3.63, 3.8) is 0 Å². The summed E-state index contributed by atoms with van der Waals surface area (Å²) < 4.78 is 0. The Balaban J connectivity index is 2.45. The molecule has 0 unspecified atom stereocenters. The average Bonchev–Trinajstić information content (AvgIpc) is 2.22. The molecule has 0 aromatic heterocycles. The Bertz CT molecular complexity index is 262. The first-order chi connectivity index (χ1) is 7.00. The van der Waals surface area contributed by atoms with E-state index in [9.17, 15) is 0 Å². The van der Waals surface area contributed by atoms with Gasteiger partial charge in [-0.2, -0.15) is 0 Å². The third-order valence-electron chi connectivity index (χ3n) is 1.98. The van der Waals surface area contributed by atoms with Gasteiger partial charge in [-0.1, -0.05) is 60.8 Å². The minimum atomic E-state index is 1.03. The molecule has 0 nitrogen and oxygen atoms in total. The van der Waals surface area contributed by atoms with Crippen molar-refractivity contribution in [1.29, 1.82) is 0 Å². The van der Waals surface area contributed by atoms with Gasteiger partial charge in [0.15, 0.2) is 0 Å². The fourth-order valence-electron chi connectivity index (χ4n) is 1.22. The van der Waals surface area contributed by atoms with Crippen molar-refractivity contribution in [2.45, 2.75) is 25.7 Å². The van der Waals surface area contributed by atoms with Gasteiger partial charge in [-0.25, -0.2) is 0 Å². The van der Waals surface area contributed by atoms with Gasteiger partial charge in [0.1, 0.15) is 0 Å². The molecule has 1 aliphatic carbocycles.